The van der Waals surface area contributed by atoms with Crippen LogP contribution in [0.25, 0.3) is 10.9 Å². The first-order chi connectivity index (χ1) is 14.8. The maximum Gasteiger partial charge on any atom is 0.227 e. The van der Waals surface area contributed by atoms with Crippen LogP contribution in [0.15, 0.2) is 48.7 Å². The molecule has 6 heteroatoms. The number of hydrogen-bond acceptors (Lipinski definition) is 2. The lowest BCUT2D eigenvalue weighted by molar-refractivity contribution is -0.123. The number of rotatable bonds is 4. The second-order valence-corrected chi connectivity index (χ2v) is 9.24. The van der Waals surface area contributed by atoms with Gasteiger partial charge in [0.1, 0.15) is 11.6 Å². The fourth-order valence-electron chi connectivity index (χ4n) is 4.66. The van der Waals surface area contributed by atoms with Crippen LogP contribution in [-0.4, -0.2) is 10.9 Å². The van der Waals surface area contributed by atoms with Crippen molar-refractivity contribution in [3.8, 4) is 0 Å². The van der Waals surface area contributed by atoms with Crippen LogP contribution in [-0.2, 0) is 4.79 Å². The highest BCUT2D eigenvalue weighted by molar-refractivity contribution is 6.30. The quantitative estimate of drug-likeness (QED) is 0.468. The van der Waals surface area contributed by atoms with E-state index in [4.69, 9.17) is 11.6 Å². The highest BCUT2D eigenvalue weighted by Gasteiger charge is 2.39. The largest absolute Gasteiger partial charge is 0.326 e. The molecule has 0 spiro atoms. The van der Waals surface area contributed by atoms with Gasteiger partial charge in [-0.05, 0) is 85.0 Å². The van der Waals surface area contributed by atoms with Crippen molar-refractivity contribution in [3.63, 3.8) is 0 Å². The molecule has 1 amide bonds. The average molecular weight is 443 g/mol. The van der Waals surface area contributed by atoms with E-state index in [1.807, 2.05) is 13.0 Å². The van der Waals surface area contributed by atoms with Crippen LogP contribution >= 0.6 is 11.6 Å². The molecule has 3 aromatic rings. The van der Waals surface area contributed by atoms with E-state index in [0.717, 1.165) is 42.1 Å². The number of anilines is 1. The second kappa shape index (κ2) is 8.54. The van der Waals surface area contributed by atoms with Gasteiger partial charge in [0.05, 0.1) is 10.5 Å². The summed E-state index contributed by atoms with van der Waals surface area (Å²) in [5, 5.41) is 3.71. The first-order valence-electron chi connectivity index (χ1n) is 10.6. The van der Waals surface area contributed by atoms with E-state index in [2.05, 4.69) is 17.2 Å². The number of carbonyl (C=O) groups is 1. The number of amides is 1. The summed E-state index contributed by atoms with van der Waals surface area (Å²) in [4.78, 5) is 17.2. The summed E-state index contributed by atoms with van der Waals surface area (Å²) in [6.07, 6.45) is 5.37. The number of benzene rings is 2. The second-order valence-electron chi connectivity index (χ2n) is 8.83. The molecule has 2 aromatic carbocycles. The maximum atomic E-state index is 13.8. The molecular weight excluding hydrogens is 418 g/mol. The van der Waals surface area contributed by atoms with E-state index in [9.17, 15) is 13.6 Å². The van der Waals surface area contributed by atoms with E-state index in [0.29, 0.717) is 11.6 Å². The predicted molar refractivity (Wildman–Crippen MR) is 120 cm³/mol. The van der Waals surface area contributed by atoms with Gasteiger partial charge in [0.2, 0.25) is 5.91 Å². The lowest BCUT2D eigenvalue weighted by Crippen LogP contribution is -2.37. The van der Waals surface area contributed by atoms with Crippen LogP contribution in [0.3, 0.4) is 0 Å². The van der Waals surface area contributed by atoms with Gasteiger partial charge in [0, 0.05) is 23.2 Å². The van der Waals surface area contributed by atoms with E-state index in [-0.39, 0.29) is 28.1 Å². The van der Waals surface area contributed by atoms with Crippen LogP contribution < -0.4 is 5.32 Å². The fraction of sp³-hybridized carbons (Fsp3) is 0.360. The van der Waals surface area contributed by atoms with E-state index in [1.54, 1.807) is 24.4 Å². The van der Waals surface area contributed by atoms with Crippen molar-refractivity contribution >= 4 is 34.1 Å². The molecular formula is C25H25ClF2N2O. The molecule has 0 saturated heterocycles. The molecule has 0 aliphatic heterocycles. The van der Waals surface area contributed by atoms with Gasteiger partial charge in [-0.3, -0.25) is 9.78 Å². The van der Waals surface area contributed by atoms with Gasteiger partial charge >= 0.3 is 0 Å². The summed E-state index contributed by atoms with van der Waals surface area (Å²) >= 11 is 5.72. The summed E-state index contributed by atoms with van der Waals surface area (Å²) < 4.78 is 27.5. The van der Waals surface area contributed by atoms with Crippen molar-refractivity contribution in [2.45, 2.75) is 45.4 Å². The maximum absolute atomic E-state index is 13.8. The number of nitrogens with zero attached hydrogens (tertiary/aromatic N) is 1. The number of nitrogens with one attached hydrogen (secondary N) is 1. The molecule has 1 saturated carbocycles. The third kappa shape index (κ3) is 4.42. The zero-order valence-corrected chi connectivity index (χ0v) is 18.3. The fourth-order valence-corrected chi connectivity index (χ4v) is 4.78. The summed E-state index contributed by atoms with van der Waals surface area (Å²) in [6.45, 7) is 4.07. The molecule has 1 N–H and O–H groups in total. The first kappa shape index (κ1) is 21.7. The van der Waals surface area contributed by atoms with Gasteiger partial charge < -0.3 is 5.32 Å². The minimum absolute atomic E-state index is 0.0276. The molecule has 1 aliphatic rings. The lowest BCUT2D eigenvalue weighted by atomic mass is 9.64. The minimum atomic E-state index is -0.556. The molecule has 0 radical (unpaired) electrons. The molecule has 1 heterocycles. The Balaban J connectivity index is 1.46. The Bertz CT molecular complexity index is 1130. The van der Waals surface area contributed by atoms with Crippen LogP contribution in [0.4, 0.5) is 14.5 Å². The van der Waals surface area contributed by atoms with Crippen molar-refractivity contribution in [2.75, 3.05) is 5.32 Å². The number of hydrogen-bond donors (Lipinski definition) is 1. The molecule has 3 nitrogen and oxygen atoms in total. The third-order valence-corrected chi connectivity index (χ3v) is 7.24. The summed E-state index contributed by atoms with van der Waals surface area (Å²) in [5.74, 6) is -0.870. The van der Waals surface area contributed by atoms with Crippen molar-refractivity contribution in [1.29, 1.82) is 0 Å². The zero-order chi connectivity index (χ0) is 22.2. The normalized spacial score (nSPS) is 22.3. The van der Waals surface area contributed by atoms with Gasteiger partial charge in [-0.15, -0.1) is 0 Å². The third-order valence-electron chi connectivity index (χ3n) is 6.93. The lowest BCUT2D eigenvalue weighted by Gasteiger charge is -2.41. The van der Waals surface area contributed by atoms with E-state index < -0.39 is 5.82 Å². The first-order valence-corrected chi connectivity index (χ1v) is 10.9. The Morgan fingerprint density at radius 1 is 1.16 bits per heavy atom. The molecule has 4 rings (SSSR count). The standard InChI is InChI=1S/C25H25ClF2N2O/c1-15(24(31)30-18-4-5-21(26)22(28)14-18)25(2)10-7-16(8-11-25)19-9-12-29-23-6-3-17(27)13-20(19)23/h3-6,9,12-16H,7-8,10-11H2,1-2H3,(H,30,31)/t15-,16-,25+/m1/s1. The number of aromatic nitrogens is 1. The van der Waals surface area contributed by atoms with Gasteiger partial charge in [0.15, 0.2) is 0 Å². The average Bonchev–Trinajstić information content (AvgIpc) is 2.76. The molecule has 0 unspecified atom stereocenters. The summed E-state index contributed by atoms with van der Waals surface area (Å²) in [7, 11) is 0. The number of fused-ring (bicyclic) bond motifs is 1. The predicted octanol–water partition coefficient (Wildman–Crippen LogP) is 7.11. The van der Waals surface area contributed by atoms with Crippen molar-refractivity contribution in [1.82, 2.24) is 4.98 Å². The molecule has 1 atom stereocenters. The Morgan fingerprint density at radius 2 is 1.90 bits per heavy atom. The van der Waals surface area contributed by atoms with Crippen LogP contribution in [0.1, 0.15) is 51.0 Å². The molecule has 0 bridgehead atoms. The van der Waals surface area contributed by atoms with Crippen LogP contribution in [0.5, 0.6) is 0 Å². The molecule has 162 valence electrons. The number of carbonyl (C=O) groups excluding carboxylic acids is 1. The zero-order valence-electron chi connectivity index (χ0n) is 17.6. The number of halogens is 3. The van der Waals surface area contributed by atoms with Crippen LogP contribution in [0, 0.1) is 23.0 Å². The minimum Gasteiger partial charge on any atom is -0.326 e. The molecule has 1 aromatic heterocycles. The Hall–Kier alpha value is -2.53. The molecule has 31 heavy (non-hydrogen) atoms. The monoisotopic (exact) mass is 442 g/mol. The van der Waals surface area contributed by atoms with Gasteiger partial charge in [0.25, 0.3) is 0 Å². The highest BCUT2D eigenvalue weighted by Crippen LogP contribution is 2.48. The summed E-state index contributed by atoms with van der Waals surface area (Å²) in [5.41, 5.74) is 2.16. The SMILES string of the molecule is C[C@H](C(=O)Nc1ccc(Cl)c(F)c1)[C@]1(C)CC[C@H](c2ccnc3ccc(F)cc32)CC1. The summed E-state index contributed by atoms with van der Waals surface area (Å²) in [6, 6.07) is 11.0. The van der Waals surface area contributed by atoms with Gasteiger partial charge in [-0.2, -0.15) is 0 Å². The van der Waals surface area contributed by atoms with E-state index >= 15 is 0 Å². The van der Waals surface area contributed by atoms with Crippen molar-refractivity contribution in [2.24, 2.45) is 11.3 Å². The van der Waals surface area contributed by atoms with Crippen LogP contribution in [0.2, 0.25) is 5.02 Å². The van der Waals surface area contributed by atoms with Gasteiger partial charge in [-0.1, -0.05) is 25.4 Å². The Morgan fingerprint density at radius 3 is 2.61 bits per heavy atom. The van der Waals surface area contributed by atoms with E-state index in [1.165, 1.54) is 18.2 Å². The number of pyridine rings is 1. The molecule has 1 fully saturated rings. The van der Waals surface area contributed by atoms with Gasteiger partial charge in [-0.25, -0.2) is 8.78 Å². The van der Waals surface area contributed by atoms with Crippen molar-refractivity contribution in [3.05, 3.63) is 70.9 Å². The Kier molecular flexibility index (Phi) is 5.98. The van der Waals surface area contributed by atoms with Crippen molar-refractivity contribution < 1.29 is 13.6 Å². The smallest absolute Gasteiger partial charge is 0.227 e. The molecule has 1 aliphatic carbocycles. The topological polar surface area (TPSA) is 42.0 Å². The Labute approximate surface area is 185 Å². The highest BCUT2D eigenvalue weighted by atomic mass is 35.5.